The van der Waals surface area contributed by atoms with Crippen molar-refractivity contribution in [2.24, 2.45) is 0 Å². The summed E-state index contributed by atoms with van der Waals surface area (Å²) in [5, 5.41) is 0.553. The van der Waals surface area contributed by atoms with Crippen LogP contribution in [0.3, 0.4) is 0 Å². The molecule has 0 amide bonds. The van der Waals surface area contributed by atoms with Gasteiger partial charge in [-0.05, 0) is 25.0 Å². The molecule has 0 aliphatic carbocycles. The fourth-order valence-corrected chi connectivity index (χ4v) is 3.60. The molecule has 0 aromatic carbocycles. The molecule has 1 N–H and O–H groups in total. The van der Waals surface area contributed by atoms with Crippen molar-refractivity contribution in [3.63, 3.8) is 0 Å². The Kier molecular flexibility index (Phi) is 3.99. The maximum atomic E-state index is 12.1. The van der Waals surface area contributed by atoms with Crippen LogP contribution in [-0.2, 0) is 13.0 Å². The number of thioether (sulfide) groups is 1. The molecule has 0 radical (unpaired) electrons. The van der Waals surface area contributed by atoms with Crippen LogP contribution in [-0.4, -0.2) is 20.6 Å². The van der Waals surface area contributed by atoms with Gasteiger partial charge in [0.15, 0.2) is 0 Å². The molecule has 1 fully saturated rings. The van der Waals surface area contributed by atoms with Gasteiger partial charge in [-0.15, -0.1) is 0 Å². The Balaban J connectivity index is 2.39. The number of hydrogen-bond donors (Lipinski definition) is 1. The van der Waals surface area contributed by atoms with Crippen LogP contribution in [0.2, 0.25) is 5.15 Å². The maximum Gasteiger partial charge on any atom is 0.329 e. The highest BCUT2D eigenvalue weighted by molar-refractivity contribution is 8.00. The van der Waals surface area contributed by atoms with Crippen molar-refractivity contribution in [1.82, 2.24) is 9.55 Å². The molecule has 1 aromatic rings. The number of hydrogen-bond acceptors (Lipinski definition) is 3. The lowest BCUT2D eigenvalue weighted by atomic mass is 10.2. The Morgan fingerprint density at radius 1 is 1.53 bits per heavy atom. The van der Waals surface area contributed by atoms with Gasteiger partial charge in [-0.25, -0.2) is 4.79 Å². The zero-order chi connectivity index (χ0) is 12.4. The minimum Gasteiger partial charge on any atom is -0.297 e. The normalized spacial score (nSPS) is 19.8. The van der Waals surface area contributed by atoms with Crippen LogP contribution in [0.4, 0.5) is 0 Å². The fourth-order valence-electron chi connectivity index (χ4n) is 2.05. The lowest BCUT2D eigenvalue weighted by molar-refractivity contribution is 0.585. The van der Waals surface area contributed by atoms with Crippen molar-refractivity contribution < 1.29 is 0 Å². The summed E-state index contributed by atoms with van der Waals surface area (Å²) < 4.78 is 1.29. The molecule has 1 aliphatic rings. The second kappa shape index (κ2) is 5.31. The van der Waals surface area contributed by atoms with Gasteiger partial charge < -0.3 is 0 Å². The highest BCUT2D eigenvalue weighted by atomic mass is 35.5. The summed E-state index contributed by atoms with van der Waals surface area (Å²) >= 11 is 7.68. The van der Waals surface area contributed by atoms with Crippen LogP contribution in [0.1, 0.15) is 25.3 Å². The van der Waals surface area contributed by atoms with E-state index in [0.29, 0.717) is 23.8 Å². The largest absolute Gasteiger partial charge is 0.329 e. The second-order valence-electron chi connectivity index (χ2n) is 4.13. The number of aromatic nitrogens is 2. The molecule has 2 heterocycles. The van der Waals surface area contributed by atoms with Crippen LogP contribution in [0.25, 0.3) is 0 Å². The lowest BCUT2D eigenvalue weighted by Gasteiger charge is -2.11. The van der Waals surface area contributed by atoms with Gasteiger partial charge in [0, 0.05) is 11.8 Å². The fraction of sp³-hybridized carbons (Fsp3) is 0.636. The number of H-pyrrole nitrogens is 1. The van der Waals surface area contributed by atoms with Gasteiger partial charge in [-0.1, -0.05) is 18.5 Å². The number of nitrogens with zero attached hydrogens (tertiary/aromatic N) is 1. The molecule has 94 valence electrons. The third kappa shape index (κ3) is 2.60. The van der Waals surface area contributed by atoms with Gasteiger partial charge in [0.25, 0.3) is 5.56 Å². The van der Waals surface area contributed by atoms with Gasteiger partial charge in [0.1, 0.15) is 5.15 Å². The monoisotopic (exact) mass is 274 g/mol. The Bertz CT molecular complexity index is 517. The number of rotatable bonds is 3. The Hall–Kier alpha value is -0.680. The first-order valence-corrected chi connectivity index (χ1v) is 7.19. The summed E-state index contributed by atoms with van der Waals surface area (Å²) in [7, 11) is 0. The molecule has 2 rings (SSSR count). The molecule has 1 saturated heterocycles. The zero-order valence-corrected chi connectivity index (χ0v) is 11.2. The number of halogens is 1. The first-order valence-electron chi connectivity index (χ1n) is 5.76. The molecular formula is C11H15ClN2O2S. The van der Waals surface area contributed by atoms with E-state index >= 15 is 0 Å². The quantitative estimate of drug-likeness (QED) is 0.853. The van der Waals surface area contributed by atoms with Crippen molar-refractivity contribution in [2.75, 3.05) is 5.75 Å². The van der Waals surface area contributed by atoms with E-state index in [4.69, 9.17) is 11.6 Å². The summed E-state index contributed by atoms with van der Waals surface area (Å²) in [5.74, 6) is 1.12. The van der Waals surface area contributed by atoms with E-state index in [9.17, 15) is 9.59 Å². The molecule has 1 unspecified atom stereocenters. The summed E-state index contributed by atoms with van der Waals surface area (Å²) in [4.78, 5) is 26.3. The molecule has 1 aromatic heterocycles. The summed E-state index contributed by atoms with van der Waals surface area (Å²) in [6.45, 7) is 2.35. The van der Waals surface area contributed by atoms with Crippen molar-refractivity contribution in [2.45, 2.75) is 38.0 Å². The number of nitrogens with one attached hydrogen (secondary N) is 1. The van der Waals surface area contributed by atoms with E-state index in [1.54, 1.807) is 0 Å². The second-order valence-corrected chi connectivity index (χ2v) is 5.91. The minimum atomic E-state index is -0.398. The van der Waals surface area contributed by atoms with E-state index in [2.05, 4.69) is 4.98 Å². The maximum absolute atomic E-state index is 12.1. The molecule has 1 atom stereocenters. The molecule has 0 spiro atoms. The van der Waals surface area contributed by atoms with E-state index < -0.39 is 5.69 Å². The molecule has 4 nitrogen and oxygen atoms in total. The Labute approximate surface area is 108 Å². The predicted molar refractivity (Wildman–Crippen MR) is 71.2 cm³/mol. The van der Waals surface area contributed by atoms with Crippen LogP contribution in [0.5, 0.6) is 0 Å². The molecule has 17 heavy (non-hydrogen) atoms. The molecule has 0 saturated carbocycles. The van der Waals surface area contributed by atoms with Gasteiger partial charge in [-0.3, -0.25) is 14.3 Å². The van der Waals surface area contributed by atoms with Crippen molar-refractivity contribution in [3.8, 4) is 0 Å². The smallest absolute Gasteiger partial charge is 0.297 e. The molecule has 6 heteroatoms. The zero-order valence-electron chi connectivity index (χ0n) is 9.66. The molecular weight excluding hydrogens is 260 g/mol. The third-order valence-corrected chi connectivity index (χ3v) is 4.70. The topological polar surface area (TPSA) is 54.9 Å². The summed E-state index contributed by atoms with van der Waals surface area (Å²) in [6, 6.07) is 0. The van der Waals surface area contributed by atoms with Crippen LogP contribution in [0, 0.1) is 0 Å². The third-order valence-electron chi connectivity index (χ3n) is 2.99. The van der Waals surface area contributed by atoms with Crippen LogP contribution in [0.15, 0.2) is 9.59 Å². The summed E-state index contributed by atoms with van der Waals surface area (Å²) in [6.07, 6.45) is 2.77. The first-order chi connectivity index (χ1) is 8.13. The van der Waals surface area contributed by atoms with E-state index in [1.165, 1.54) is 4.57 Å². The highest BCUT2D eigenvalue weighted by Crippen LogP contribution is 2.26. The Morgan fingerprint density at radius 2 is 2.29 bits per heavy atom. The van der Waals surface area contributed by atoms with Crippen molar-refractivity contribution in [1.29, 1.82) is 0 Å². The van der Waals surface area contributed by atoms with E-state index in [1.807, 2.05) is 18.7 Å². The lowest BCUT2D eigenvalue weighted by Crippen LogP contribution is -2.39. The minimum absolute atomic E-state index is 0.179. The van der Waals surface area contributed by atoms with Gasteiger partial charge in [0.2, 0.25) is 0 Å². The van der Waals surface area contributed by atoms with Gasteiger partial charge in [-0.2, -0.15) is 11.8 Å². The van der Waals surface area contributed by atoms with Gasteiger partial charge in [0.05, 0.1) is 5.56 Å². The molecule has 1 aliphatic heterocycles. The molecule has 0 bridgehead atoms. The SMILES string of the molecule is CCc1c(Cl)[nH]c(=O)n(CC2CCCS2)c1=O. The average molecular weight is 275 g/mol. The van der Waals surface area contributed by atoms with E-state index in [-0.39, 0.29) is 10.7 Å². The standard InChI is InChI=1S/C11H15ClN2O2S/c1-2-8-9(12)13-11(16)14(10(8)15)6-7-4-3-5-17-7/h7H,2-6H2,1H3,(H,13,16). The van der Waals surface area contributed by atoms with Crippen molar-refractivity contribution >= 4 is 23.4 Å². The predicted octanol–water partition coefficient (Wildman–Crippen LogP) is 1.65. The van der Waals surface area contributed by atoms with Crippen molar-refractivity contribution in [3.05, 3.63) is 31.6 Å². The number of aromatic amines is 1. The highest BCUT2D eigenvalue weighted by Gasteiger charge is 2.19. The van der Waals surface area contributed by atoms with Crippen LogP contribution < -0.4 is 11.2 Å². The Morgan fingerprint density at radius 3 is 2.88 bits per heavy atom. The van der Waals surface area contributed by atoms with Crippen LogP contribution >= 0.6 is 23.4 Å². The van der Waals surface area contributed by atoms with Gasteiger partial charge >= 0.3 is 5.69 Å². The van der Waals surface area contributed by atoms with E-state index in [0.717, 1.165) is 18.6 Å². The summed E-state index contributed by atoms with van der Waals surface area (Å²) in [5.41, 5.74) is -0.146. The average Bonchev–Trinajstić information content (AvgIpc) is 2.77. The first kappa shape index (κ1) is 12.8.